The number of fused-ring (bicyclic) bond motifs is 3. The average molecular weight is 387 g/mol. The minimum Gasteiger partial charge on any atom is -0.508 e. The van der Waals surface area contributed by atoms with Crippen LogP contribution in [-0.4, -0.2) is 22.4 Å². The molecule has 28 heavy (non-hydrogen) atoms. The maximum atomic E-state index is 11.0. The molecule has 0 spiro atoms. The summed E-state index contributed by atoms with van der Waals surface area (Å²) in [5.74, 6) is 2.02. The molecule has 0 amide bonds. The van der Waals surface area contributed by atoms with Gasteiger partial charge in [0.1, 0.15) is 17.1 Å². The van der Waals surface area contributed by atoms with Crippen LogP contribution in [0.5, 0.6) is 11.5 Å². The number of hydrogen-bond acceptors (Lipinski definition) is 3. The summed E-state index contributed by atoms with van der Waals surface area (Å²) in [6, 6.07) is 4.17. The third kappa shape index (κ3) is 4.25. The van der Waals surface area contributed by atoms with Crippen LogP contribution in [0.4, 0.5) is 0 Å². The van der Waals surface area contributed by atoms with Crippen molar-refractivity contribution in [3.63, 3.8) is 0 Å². The van der Waals surface area contributed by atoms with Crippen molar-refractivity contribution in [1.29, 1.82) is 0 Å². The Morgan fingerprint density at radius 3 is 2.57 bits per heavy atom. The van der Waals surface area contributed by atoms with Gasteiger partial charge in [-0.25, -0.2) is 0 Å². The zero-order valence-electron chi connectivity index (χ0n) is 18.3. The van der Waals surface area contributed by atoms with Gasteiger partial charge in [-0.3, -0.25) is 0 Å². The molecule has 0 saturated heterocycles. The summed E-state index contributed by atoms with van der Waals surface area (Å²) >= 11 is 0. The monoisotopic (exact) mass is 386 g/mol. The number of phenolic OH excluding ortho intramolecular Hbond substituents is 1. The van der Waals surface area contributed by atoms with Gasteiger partial charge in [0.25, 0.3) is 0 Å². The SMILES string of the molecule is CC1=CCC2[C@@H](C1)c1c(O)cc(C(C)(C)CCCCCCO)cc1OC2(C)C. The molecule has 0 fully saturated rings. The Kier molecular flexibility index (Phi) is 6.14. The Bertz CT molecular complexity index is 730. The number of aromatic hydroxyl groups is 1. The van der Waals surface area contributed by atoms with E-state index in [1.54, 1.807) is 0 Å². The summed E-state index contributed by atoms with van der Waals surface area (Å²) in [6.45, 7) is 11.4. The number of aliphatic hydroxyl groups is 1. The summed E-state index contributed by atoms with van der Waals surface area (Å²) in [7, 11) is 0. The molecule has 1 aromatic carbocycles. The van der Waals surface area contributed by atoms with Gasteiger partial charge in [-0.15, -0.1) is 0 Å². The predicted octanol–water partition coefficient (Wildman–Crippen LogP) is 6.22. The number of ether oxygens (including phenoxy) is 1. The molecular weight excluding hydrogens is 348 g/mol. The molecule has 1 aliphatic heterocycles. The van der Waals surface area contributed by atoms with Gasteiger partial charge < -0.3 is 14.9 Å². The van der Waals surface area contributed by atoms with Crippen LogP contribution in [0.15, 0.2) is 23.8 Å². The molecule has 2 aliphatic rings. The van der Waals surface area contributed by atoms with Crippen LogP contribution in [0.2, 0.25) is 0 Å². The first-order valence-electron chi connectivity index (χ1n) is 11.0. The molecule has 0 aromatic heterocycles. The van der Waals surface area contributed by atoms with E-state index in [9.17, 15) is 5.11 Å². The van der Waals surface area contributed by atoms with E-state index in [0.717, 1.165) is 61.8 Å². The lowest BCUT2D eigenvalue weighted by atomic mass is 9.66. The van der Waals surface area contributed by atoms with E-state index < -0.39 is 0 Å². The number of unbranched alkanes of at least 4 members (excludes halogenated alkanes) is 3. The Morgan fingerprint density at radius 1 is 1.14 bits per heavy atom. The van der Waals surface area contributed by atoms with E-state index >= 15 is 0 Å². The minimum absolute atomic E-state index is 0.0154. The molecule has 3 rings (SSSR count). The average Bonchev–Trinajstić information content (AvgIpc) is 2.60. The third-order valence-corrected chi connectivity index (χ3v) is 7.00. The summed E-state index contributed by atoms with van der Waals surface area (Å²) in [6.07, 6.45) is 9.66. The van der Waals surface area contributed by atoms with Gasteiger partial charge in [0, 0.05) is 24.0 Å². The summed E-state index contributed by atoms with van der Waals surface area (Å²) in [5.41, 5.74) is 3.34. The Balaban J connectivity index is 1.86. The van der Waals surface area contributed by atoms with Crippen molar-refractivity contribution in [3.8, 4) is 11.5 Å². The zero-order valence-corrected chi connectivity index (χ0v) is 18.3. The highest BCUT2D eigenvalue weighted by molar-refractivity contribution is 5.54. The summed E-state index contributed by atoms with van der Waals surface area (Å²) < 4.78 is 6.48. The van der Waals surface area contributed by atoms with Crippen LogP contribution in [-0.2, 0) is 5.41 Å². The fourth-order valence-electron chi connectivity index (χ4n) is 5.13. The van der Waals surface area contributed by atoms with Gasteiger partial charge in [-0.2, -0.15) is 0 Å². The van der Waals surface area contributed by atoms with Crippen molar-refractivity contribution in [2.45, 2.75) is 96.5 Å². The number of rotatable bonds is 7. The van der Waals surface area contributed by atoms with E-state index in [1.165, 1.54) is 5.57 Å². The van der Waals surface area contributed by atoms with E-state index in [-0.39, 0.29) is 17.6 Å². The lowest BCUT2D eigenvalue weighted by molar-refractivity contribution is 0.00741. The van der Waals surface area contributed by atoms with Crippen LogP contribution in [0, 0.1) is 5.92 Å². The molecule has 156 valence electrons. The van der Waals surface area contributed by atoms with E-state index in [2.05, 4.69) is 46.8 Å². The van der Waals surface area contributed by atoms with Crippen molar-refractivity contribution in [2.75, 3.05) is 6.61 Å². The maximum Gasteiger partial charge on any atom is 0.127 e. The molecule has 1 heterocycles. The maximum absolute atomic E-state index is 11.0. The molecule has 0 bridgehead atoms. The predicted molar refractivity (Wildman–Crippen MR) is 115 cm³/mol. The molecule has 0 saturated carbocycles. The van der Waals surface area contributed by atoms with Gasteiger partial charge in [0.05, 0.1) is 0 Å². The van der Waals surface area contributed by atoms with Crippen LogP contribution >= 0.6 is 0 Å². The van der Waals surface area contributed by atoms with Crippen molar-refractivity contribution >= 4 is 0 Å². The van der Waals surface area contributed by atoms with Crippen LogP contribution in [0.25, 0.3) is 0 Å². The normalized spacial score (nSPS) is 23.4. The van der Waals surface area contributed by atoms with E-state index in [0.29, 0.717) is 17.6 Å². The van der Waals surface area contributed by atoms with Gasteiger partial charge in [-0.1, -0.05) is 44.8 Å². The first-order valence-corrected chi connectivity index (χ1v) is 11.0. The highest BCUT2D eigenvalue weighted by Crippen LogP contribution is 2.54. The fourth-order valence-corrected chi connectivity index (χ4v) is 5.13. The van der Waals surface area contributed by atoms with Crippen molar-refractivity contribution in [1.82, 2.24) is 0 Å². The highest BCUT2D eigenvalue weighted by Gasteiger charge is 2.46. The van der Waals surface area contributed by atoms with Gasteiger partial charge >= 0.3 is 0 Å². The first kappa shape index (κ1) is 21.2. The third-order valence-electron chi connectivity index (χ3n) is 7.00. The second-order valence-electron chi connectivity index (χ2n) is 10.1. The molecule has 3 heteroatoms. The summed E-state index contributed by atoms with van der Waals surface area (Å²) in [5, 5.41) is 20.0. The standard InChI is InChI=1S/C25H38O3/c1-17-10-11-20-19(14-17)23-21(27)15-18(16-22(23)28-25(20,4)5)24(2,3)12-8-6-7-9-13-26/h10,15-16,19-20,26-27H,6-9,11-14H2,1-5H3/t19-,20?/m1/s1. The number of hydrogen-bond donors (Lipinski definition) is 2. The molecular formula is C25H38O3. The molecule has 0 radical (unpaired) electrons. The molecule has 3 nitrogen and oxygen atoms in total. The van der Waals surface area contributed by atoms with Crippen LogP contribution < -0.4 is 4.74 Å². The minimum atomic E-state index is -0.228. The molecule has 2 atom stereocenters. The lowest BCUT2D eigenvalue weighted by Crippen LogP contribution is -2.45. The van der Waals surface area contributed by atoms with Gasteiger partial charge in [0.2, 0.25) is 0 Å². The zero-order chi connectivity index (χ0) is 20.5. The van der Waals surface area contributed by atoms with Crippen molar-refractivity contribution in [3.05, 3.63) is 34.9 Å². The Morgan fingerprint density at radius 2 is 1.86 bits per heavy atom. The Labute approximate surface area is 170 Å². The van der Waals surface area contributed by atoms with Crippen LogP contribution in [0.1, 0.15) is 96.6 Å². The van der Waals surface area contributed by atoms with Crippen molar-refractivity contribution < 1.29 is 14.9 Å². The largest absolute Gasteiger partial charge is 0.508 e. The lowest BCUT2D eigenvalue weighted by Gasteiger charge is -2.47. The van der Waals surface area contributed by atoms with E-state index in [1.807, 2.05) is 6.07 Å². The highest BCUT2D eigenvalue weighted by atomic mass is 16.5. The molecule has 1 aromatic rings. The van der Waals surface area contributed by atoms with Crippen LogP contribution in [0.3, 0.4) is 0 Å². The first-order chi connectivity index (χ1) is 13.2. The topological polar surface area (TPSA) is 49.7 Å². The van der Waals surface area contributed by atoms with Gasteiger partial charge in [0.15, 0.2) is 0 Å². The number of phenols is 1. The summed E-state index contributed by atoms with van der Waals surface area (Å²) in [4.78, 5) is 0. The van der Waals surface area contributed by atoms with Crippen molar-refractivity contribution in [2.24, 2.45) is 5.92 Å². The number of allylic oxidation sites excluding steroid dienone is 2. The second-order valence-corrected chi connectivity index (χ2v) is 10.1. The Hall–Kier alpha value is -1.48. The second kappa shape index (κ2) is 8.10. The number of aliphatic hydroxyl groups excluding tert-OH is 1. The smallest absolute Gasteiger partial charge is 0.127 e. The van der Waals surface area contributed by atoms with Gasteiger partial charge in [-0.05, 0) is 69.6 Å². The molecule has 1 unspecified atom stereocenters. The quantitative estimate of drug-likeness (QED) is 0.432. The van der Waals surface area contributed by atoms with E-state index in [4.69, 9.17) is 9.84 Å². The fraction of sp³-hybridized carbons (Fsp3) is 0.680. The molecule has 1 aliphatic carbocycles. The number of benzene rings is 1. The molecule has 2 N–H and O–H groups in total.